The zero-order valence-electron chi connectivity index (χ0n) is 16.1. The van der Waals surface area contributed by atoms with Gasteiger partial charge in [-0.1, -0.05) is 26.7 Å². The van der Waals surface area contributed by atoms with E-state index in [1.165, 1.54) is 16.4 Å². The van der Waals surface area contributed by atoms with Crippen LogP contribution in [0.15, 0.2) is 23.1 Å². The summed E-state index contributed by atoms with van der Waals surface area (Å²) in [6, 6.07) is 3.89. The Morgan fingerprint density at radius 1 is 1.26 bits per heavy atom. The predicted molar refractivity (Wildman–Crippen MR) is 104 cm³/mol. The first-order chi connectivity index (χ1) is 12.6. The van der Waals surface area contributed by atoms with Gasteiger partial charge in [-0.05, 0) is 37.8 Å². The number of nitrogens with one attached hydrogen (secondary N) is 1. The molecule has 0 amide bonds. The number of hydrogen-bond donors (Lipinski definition) is 2. The SMILES string of the molecule is CC(C)C(C)(O)CNc1ccc(S(=O)(=O)N2CCCCCC2)cc1[N+](=O)[O-]. The Morgan fingerprint density at radius 2 is 1.85 bits per heavy atom. The molecule has 0 saturated carbocycles. The van der Waals surface area contributed by atoms with Gasteiger partial charge in [0.1, 0.15) is 5.69 Å². The number of anilines is 1. The molecule has 0 aromatic heterocycles. The zero-order valence-corrected chi connectivity index (χ0v) is 17.0. The first-order valence-corrected chi connectivity index (χ1v) is 10.7. The molecule has 1 saturated heterocycles. The summed E-state index contributed by atoms with van der Waals surface area (Å²) >= 11 is 0. The fourth-order valence-electron chi connectivity index (χ4n) is 2.88. The maximum absolute atomic E-state index is 12.9. The van der Waals surface area contributed by atoms with Crippen LogP contribution in [0.2, 0.25) is 0 Å². The van der Waals surface area contributed by atoms with Gasteiger partial charge in [-0.15, -0.1) is 0 Å². The van der Waals surface area contributed by atoms with Gasteiger partial charge >= 0.3 is 0 Å². The molecule has 1 atom stereocenters. The minimum Gasteiger partial charge on any atom is -0.388 e. The average molecular weight is 400 g/mol. The second kappa shape index (κ2) is 8.53. The molecule has 1 fully saturated rings. The molecular formula is C18H29N3O5S. The third kappa shape index (κ3) is 5.18. The Bertz CT molecular complexity index is 769. The van der Waals surface area contributed by atoms with Crippen LogP contribution < -0.4 is 5.32 Å². The van der Waals surface area contributed by atoms with Crippen molar-refractivity contribution in [3.8, 4) is 0 Å². The molecule has 8 nitrogen and oxygen atoms in total. The molecule has 1 aliphatic rings. The molecule has 0 aliphatic carbocycles. The highest BCUT2D eigenvalue weighted by molar-refractivity contribution is 7.89. The third-order valence-electron chi connectivity index (χ3n) is 5.25. The lowest BCUT2D eigenvalue weighted by Crippen LogP contribution is -2.38. The molecule has 27 heavy (non-hydrogen) atoms. The molecule has 1 heterocycles. The predicted octanol–water partition coefficient (Wildman–Crippen LogP) is 2.98. The van der Waals surface area contributed by atoms with Crippen molar-refractivity contribution in [1.29, 1.82) is 0 Å². The summed E-state index contributed by atoms with van der Waals surface area (Å²) in [5.74, 6) is -0.0493. The van der Waals surface area contributed by atoms with E-state index in [4.69, 9.17) is 0 Å². The van der Waals surface area contributed by atoms with Crippen LogP contribution in [0.5, 0.6) is 0 Å². The number of nitro groups is 1. The molecular weight excluding hydrogens is 370 g/mol. The average Bonchev–Trinajstić information content (AvgIpc) is 2.89. The van der Waals surface area contributed by atoms with E-state index >= 15 is 0 Å². The van der Waals surface area contributed by atoms with Crippen molar-refractivity contribution >= 4 is 21.4 Å². The molecule has 2 N–H and O–H groups in total. The number of nitro benzene ring substituents is 1. The van der Waals surface area contributed by atoms with Crippen molar-refractivity contribution in [2.45, 2.75) is 57.0 Å². The number of nitrogens with zero attached hydrogens (tertiary/aromatic N) is 2. The van der Waals surface area contributed by atoms with Crippen LogP contribution in [0.25, 0.3) is 0 Å². The first-order valence-electron chi connectivity index (χ1n) is 9.30. The van der Waals surface area contributed by atoms with Gasteiger partial charge in [0, 0.05) is 25.7 Å². The van der Waals surface area contributed by atoms with Crippen LogP contribution in [0.1, 0.15) is 46.5 Å². The summed E-state index contributed by atoms with van der Waals surface area (Å²) in [6.07, 6.45) is 3.58. The van der Waals surface area contributed by atoms with Gasteiger partial charge in [0.05, 0.1) is 15.4 Å². The lowest BCUT2D eigenvalue weighted by Gasteiger charge is -2.28. The van der Waals surface area contributed by atoms with Gasteiger partial charge in [0.25, 0.3) is 5.69 Å². The van der Waals surface area contributed by atoms with Crippen molar-refractivity contribution in [3.63, 3.8) is 0 Å². The Kier molecular flexibility index (Phi) is 6.82. The molecule has 0 spiro atoms. The number of aliphatic hydroxyl groups is 1. The minimum absolute atomic E-state index is 0.0493. The fourth-order valence-corrected chi connectivity index (χ4v) is 4.42. The summed E-state index contributed by atoms with van der Waals surface area (Å²) in [4.78, 5) is 10.8. The van der Waals surface area contributed by atoms with Gasteiger partial charge in [0.15, 0.2) is 0 Å². The van der Waals surface area contributed by atoms with Crippen LogP contribution in [-0.2, 0) is 10.0 Å². The molecule has 1 aliphatic heterocycles. The number of hydrogen-bond acceptors (Lipinski definition) is 6. The lowest BCUT2D eigenvalue weighted by atomic mass is 9.92. The molecule has 1 aromatic rings. The van der Waals surface area contributed by atoms with E-state index in [9.17, 15) is 23.6 Å². The highest BCUT2D eigenvalue weighted by Gasteiger charge is 2.29. The monoisotopic (exact) mass is 399 g/mol. The smallest absolute Gasteiger partial charge is 0.293 e. The van der Waals surface area contributed by atoms with Crippen LogP contribution in [0.3, 0.4) is 0 Å². The van der Waals surface area contributed by atoms with Crippen LogP contribution in [0, 0.1) is 16.0 Å². The molecule has 9 heteroatoms. The van der Waals surface area contributed by atoms with Crippen LogP contribution in [-0.4, -0.2) is 48.0 Å². The van der Waals surface area contributed by atoms with Gasteiger partial charge in [-0.2, -0.15) is 4.31 Å². The molecule has 0 radical (unpaired) electrons. The van der Waals surface area contributed by atoms with E-state index in [1.54, 1.807) is 6.92 Å². The first kappa shape index (κ1) is 21.6. The number of sulfonamides is 1. The molecule has 1 unspecified atom stereocenters. The summed E-state index contributed by atoms with van der Waals surface area (Å²) in [6.45, 7) is 6.35. The largest absolute Gasteiger partial charge is 0.388 e. The number of benzene rings is 1. The van der Waals surface area contributed by atoms with E-state index in [-0.39, 0.29) is 28.7 Å². The van der Waals surface area contributed by atoms with Crippen LogP contribution >= 0.6 is 0 Å². The summed E-state index contributed by atoms with van der Waals surface area (Å²) in [5, 5.41) is 24.7. The van der Waals surface area contributed by atoms with E-state index in [0.717, 1.165) is 31.7 Å². The minimum atomic E-state index is -3.76. The molecule has 1 aromatic carbocycles. The van der Waals surface area contributed by atoms with E-state index in [1.807, 2.05) is 13.8 Å². The van der Waals surface area contributed by atoms with Gasteiger partial charge in [-0.3, -0.25) is 10.1 Å². The fraction of sp³-hybridized carbons (Fsp3) is 0.667. The Balaban J connectivity index is 2.30. The van der Waals surface area contributed by atoms with Gasteiger partial charge in [-0.25, -0.2) is 8.42 Å². The van der Waals surface area contributed by atoms with E-state index < -0.39 is 20.5 Å². The number of rotatable bonds is 7. The van der Waals surface area contributed by atoms with Gasteiger partial charge in [0.2, 0.25) is 10.0 Å². The van der Waals surface area contributed by atoms with Crippen molar-refractivity contribution in [2.75, 3.05) is 25.0 Å². The standard InChI is InChI=1S/C18H29N3O5S/c1-14(2)18(3,22)13-19-16-9-8-15(12-17(16)21(23)24)27(25,26)20-10-6-4-5-7-11-20/h8-9,12,14,19,22H,4-7,10-11,13H2,1-3H3. The molecule has 152 valence electrons. The highest BCUT2D eigenvalue weighted by Crippen LogP contribution is 2.30. The van der Waals surface area contributed by atoms with E-state index in [2.05, 4.69) is 5.32 Å². The Hall–Kier alpha value is -1.71. The maximum atomic E-state index is 12.9. The zero-order chi connectivity index (χ0) is 20.2. The normalized spacial score (nSPS) is 18.7. The highest BCUT2D eigenvalue weighted by atomic mass is 32.2. The summed E-state index contributed by atoms with van der Waals surface area (Å²) in [7, 11) is -3.76. The Morgan fingerprint density at radius 3 is 2.37 bits per heavy atom. The van der Waals surface area contributed by atoms with Crippen molar-refractivity contribution in [1.82, 2.24) is 4.31 Å². The van der Waals surface area contributed by atoms with E-state index in [0.29, 0.717) is 13.1 Å². The summed E-state index contributed by atoms with van der Waals surface area (Å²) < 4.78 is 27.2. The maximum Gasteiger partial charge on any atom is 0.293 e. The van der Waals surface area contributed by atoms with Crippen molar-refractivity contribution < 1.29 is 18.4 Å². The topological polar surface area (TPSA) is 113 Å². The van der Waals surface area contributed by atoms with Gasteiger partial charge < -0.3 is 10.4 Å². The van der Waals surface area contributed by atoms with Crippen molar-refractivity contribution in [3.05, 3.63) is 28.3 Å². The summed E-state index contributed by atoms with van der Waals surface area (Å²) in [5.41, 5.74) is -1.17. The van der Waals surface area contributed by atoms with Crippen LogP contribution in [0.4, 0.5) is 11.4 Å². The quantitative estimate of drug-likeness (QED) is 0.538. The lowest BCUT2D eigenvalue weighted by molar-refractivity contribution is -0.384. The third-order valence-corrected chi connectivity index (χ3v) is 7.14. The second-order valence-corrected chi connectivity index (χ2v) is 9.56. The molecule has 0 bridgehead atoms. The Labute approximate surface area is 160 Å². The second-order valence-electron chi connectivity index (χ2n) is 7.62. The van der Waals surface area contributed by atoms with Crippen molar-refractivity contribution in [2.24, 2.45) is 5.92 Å². The molecule has 2 rings (SSSR count).